The molecule has 0 aliphatic carbocycles. The number of nitrogens with zero attached hydrogens (tertiary/aromatic N) is 1. The molecule has 0 saturated carbocycles. The van der Waals surface area contributed by atoms with Crippen molar-refractivity contribution in [2.75, 3.05) is 0 Å². The van der Waals surface area contributed by atoms with Gasteiger partial charge in [-0.3, -0.25) is 0 Å². The Morgan fingerprint density at radius 3 is 2.24 bits per heavy atom. The van der Waals surface area contributed by atoms with Crippen LogP contribution in [0.5, 0.6) is 11.5 Å². The van der Waals surface area contributed by atoms with E-state index in [1.54, 1.807) is 0 Å². The minimum absolute atomic E-state index is 0.00121. The van der Waals surface area contributed by atoms with E-state index in [4.69, 9.17) is 10.00 Å². The molecule has 108 valence electrons. The van der Waals surface area contributed by atoms with Crippen LogP contribution in [-0.2, 0) is 7.01 Å². The van der Waals surface area contributed by atoms with Crippen molar-refractivity contribution < 1.29 is 13.2 Å². The average Bonchev–Trinajstić information content (AvgIpc) is 2.36. The summed E-state index contributed by atoms with van der Waals surface area (Å²) in [5.41, 5.74) is 2.33. The van der Waals surface area contributed by atoms with E-state index in [0.29, 0.717) is 5.75 Å². The van der Waals surface area contributed by atoms with Crippen LogP contribution in [0.3, 0.4) is 0 Å². The van der Waals surface area contributed by atoms with Gasteiger partial charge in [-0.1, -0.05) is 6.07 Å². The maximum atomic E-state index is 11.8. The average molecular weight is 413 g/mol. The molecule has 0 atom stereocenters. The fourth-order valence-electron chi connectivity index (χ4n) is 1.97. The number of aryl methyl sites for hydroxylation is 2. The highest BCUT2D eigenvalue weighted by atomic mass is 127. The Morgan fingerprint density at radius 2 is 1.71 bits per heavy atom. The molecule has 21 heavy (non-hydrogen) atoms. The summed E-state index contributed by atoms with van der Waals surface area (Å²) in [7, 11) is -3.51. The van der Waals surface area contributed by atoms with Gasteiger partial charge in [0, 0.05) is 0 Å². The molecule has 0 aliphatic rings. The maximum Gasteiger partial charge on any atom is 0.234 e. The lowest BCUT2D eigenvalue weighted by Crippen LogP contribution is -1.97. The van der Waals surface area contributed by atoms with Gasteiger partial charge in [0.1, 0.15) is 16.4 Å². The van der Waals surface area contributed by atoms with Crippen LogP contribution >= 0.6 is 21.2 Å². The number of halogens is 1. The third-order valence-corrected chi connectivity index (χ3v) is 5.03. The Labute approximate surface area is 135 Å². The molecule has 0 aromatic heterocycles. The second-order valence-electron chi connectivity index (χ2n) is 4.64. The Balaban J connectivity index is 2.52. The van der Waals surface area contributed by atoms with Crippen LogP contribution in [0.15, 0.2) is 41.3 Å². The first-order valence-electron chi connectivity index (χ1n) is 6.04. The van der Waals surface area contributed by atoms with Gasteiger partial charge in [-0.15, -0.1) is 0 Å². The maximum absolute atomic E-state index is 11.8. The molecular weight excluding hydrogens is 401 g/mol. The summed E-state index contributed by atoms with van der Waals surface area (Å²) in [6, 6.07) is 11.9. The molecule has 2 aromatic rings. The van der Waals surface area contributed by atoms with Gasteiger partial charge < -0.3 is 4.74 Å². The standard InChI is InChI=1S/C15H12INO3S/c1-10-5-11(2)7-13(6-10)20-14-4-3-12(9-17)8-15(14)21(16,18)19/h3-8H,1-2H3. The Hall–Kier alpha value is -1.59. The minimum Gasteiger partial charge on any atom is -0.456 e. The summed E-state index contributed by atoms with van der Waals surface area (Å²) >= 11 is 1.34. The van der Waals surface area contributed by atoms with Crippen molar-refractivity contribution in [1.82, 2.24) is 0 Å². The van der Waals surface area contributed by atoms with Crippen LogP contribution in [0.1, 0.15) is 16.7 Å². The van der Waals surface area contributed by atoms with Crippen LogP contribution < -0.4 is 4.74 Å². The summed E-state index contributed by atoms with van der Waals surface area (Å²) in [6.45, 7) is 3.88. The SMILES string of the molecule is Cc1cc(C)cc(Oc2ccc(C#N)cc2S(=O)(=O)I)c1. The van der Waals surface area contributed by atoms with Gasteiger partial charge >= 0.3 is 0 Å². The quantitative estimate of drug-likeness (QED) is 0.562. The number of hydrogen-bond acceptors (Lipinski definition) is 4. The van der Waals surface area contributed by atoms with Crippen LogP contribution in [0.2, 0.25) is 0 Å². The minimum atomic E-state index is -3.51. The Morgan fingerprint density at radius 1 is 1.10 bits per heavy atom. The van der Waals surface area contributed by atoms with E-state index in [1.807, 2.05) is 38.1 Å². The molecule has 0 fully saturated rings. The van der Waals surface area contributed by atoms with E-state index in [1.165, 1.54) is 39.4 Å². The number of hydrogen-bond donors (Lipinski definition) is 0. The molecule has 0 N–H and O–H groups in total. The number of ether oxygens (including phenoxy) is 1. The van der Waals surface area contributed by atoms with Crippen LogP contribution in [0.25, 0.3) is 0 Å². The largest absolute Gasteiger partial charge is 0.456 e. The lowest BCUT2D eigenvalue weighted by atomic mass is 10.1. The van der Waals surface area contributed by atoms with Crippen molar-refractivity contribution in [3.63, 3.8) is 0 Å². The Kier molecular flexibility index (Phi) is 4.54. The highest BCUT2D eigenvalue weighted by Crippen LogP contribution is 2.33. The van der Waals surface area contributed by atoms with E-state index in [2.05, 4.69) is 0 Å². The molecule has 2 rings (SSSR count). The number of rotatable bonds is 3. The zero-order valence-electron chi connectivity index (χ0n) is 11.4. The van der Waals surface area contributed by atoms with Gasteiger partial charge in [0.05, 0.1) is 32.8 Å². The summed E-state index contributed by atoms with van der Waals surface area (Å²) in [6.07, 6.45) is 0. The van der Waals surface area contributed by atoms with Crippen LogP contribution in [0.4, 0.5) is 0 Å². The monoisotopic (exact) mass is 413 g/mol. The van der Waals surface area contributed by atoms with Crippen LogP contribution in [-0.4, -0.2) is 8.42 Å². The number of nitriles is 1. The van der Waals surface area contributed by atoms with E-state index in [9.17, 15) is 8.42 Å². The fraction of sp³-hybridized carbons (Fsp3) is 0.133. The van der Waals surface area contributed by atoms with Crippen molar-refractivity contribution in [3.05, 3.63) is 53.1 Å². The second-order valence-corrected chi connectivity index (χ2v) is 9.43. The van der Waals surface area contributed by atoms with Crippen molar-refractivity contribution in [3.8, 4) is 17.6 Å². The van der Waals surface area contributed by atoms with Gasteiger partial charge in [0.25, 0.3) is 0 Å². The zero-order chi connectivity index (χ0) is 15.6. The second kappa shape index (κ2) is 6.03. The summed E-state index contributed by atoms with van der Waals surface area (Å²) in [5, 5.41) is 8.89. The third-order valence-electron chi connectivity index (χ3n) is 2.76. The van der Waals surface area contributed by atoms with Crippen LogP contribution in [0, 0.1) is 25.2 Å². The highest BCUT2D eigenvalue weighted by molar-refractivity contribution is 14.2. The lowest BCUT2D eigenvalue weighted by molar-refractivity contribution is 0.467. The predicted octanol–water partition coefficient (Wildman–Crippen LogP) is 4.09. The zero-order valence-corrected chi connectivity index (χ0v) is 14.4. The normalized spacial score (nSPS) is 11.0. The van der Waals surface area contributed by atoms with Crippen molar-refractivity contribution in [1.29, 1.82) is 5.26 Å². The fourth-order valence-corrected chi connectivity index (χ4v) is 3.62. The Bertz CT molecular complexity index is 818. The molecule has 2 aromatic carbocycles. The molecule has 0 aliphatic heterocycles. The molecule has 0 saturated heterocycles. The van der Waals surface area contributed by atoms with Gasteiger partial charge in [-0.05, 0) is 55.3 Å². The molecule has 0 unspecified atom stereocenters. The van der Waals surface area contributed by atoms with E-state index in [-0.39, 0.29) is 16.2 Å². The first-order chi connectivity index (χ1) is 9.79. The molecule has 0 amide bonds. The molecule has 0 bridgehead atoms. The molecule has 4 nitrogen and oxygen atoms in total. The van der Waals surface area contributed by atoms with Gasteiger partial charge in [0.15, 0.2) is 0 Å². The first-order valence-corrected chi connectivity index (χ1v) is 10.1. The topological polar surface area (TPSA) is 67.2 Å². The van der Waals surface area contributed by atoms with Crippen molar-refractivity contribution >= 4 is 28.2 Å². The molecular formula is C15H12INO3S. The van der Waals surface area contributed by atoms with Crippen molar-refractivity contribution in [2.24, 2.45) is 0 Å². The molecule has 0 heterocycles. The van der Waals surface area contributed by atoms with Crippen molar-refractivity contribution in [2.45, 2.75) is 18.7 Å². The van der Waals surface area contributed by atoms with E-state index in [0.717, 1.165) is 11.1 Å². The predicted molar refractivity (Wildman–Crippen MR) is 88.4 cm³/mol. The van der Waals surface area contributed by atoms with Gasteiger partial charge in [0.2, 0.25) is 7.01 Å². The van der Waals surface area contributed by atoms with E-state index >= 15 is 0 Å². The summed E-state index contributed by atoms with van der Waals surface area (Å²) in [4.78, 5) is 0.00121. The third kappa shape index (κ3) is 3.95. The van der Waals surface area contributed by atoms with E-state index < -0.39 is 7.01 Å². The lowest BCUT2D eigenvalue weighted by Gasteiger charge is -2.11. The van der Waals surface area contributed by atoms with Gasteiger partial charge in [-0.25, -0.2) is 8.42 Å². The molecule has 0 radical (unpaired) electrons. The van der Waals surface area contributed by atoms with Gasteiger partial charge in [-0.2, -0.15) is 5.26 Å². The highest BCUT2D eigenvalue weighted by Gasteiger charge is 2.18. The molecule has 6 heteroatoms. The summed E-state index contributed by atoms with van der Waals surface area (Å²) in [5.74, 6) is 0.784. The summed E-state index contributed by atoms with van der Waals surface area (Å²) < 4.78 is 29.4. The first kappa shape index (κ1) is 15.8. The smallest absolute Gasteiger partial charge is 0.234 e. The molecule has 0 spiro atoms. The number of benzene rings is 2.